The third kappa shape index (κ3) is 3.35. The van der Waals surface area contributed by atoms with Crippen molar-refractivity contribution in [2.75, 3.05) is 31.4 Å². The molecule has 0 amide bonds. The number of ether oxygens (including phenoxy) is 1. The highest BCUT2D eigenvalue weighted by Gasteiger charge is 2.29. The molecule has 4 nitrogen and oxygen atoms in total. The van der Waals surface area contributed by atoms with Gasteiger partial charge in [0.25, 0.3) is 0 Å². The van der Waals surface area contributed by atoms with Gasteiger partial charge in [0, 0.05) is 26.3 Å². The van der Waals surface area contributed by atoms with Crippen LogP contribution in [0.2, 0.25) is 0 Å². The first kappa shape index (κ1) is 14.9. The van der Waals surface area contributed by atoms with Gasteiger partial charge in [0.05, 0.1) is 12.8 Å². The molecule has 0 aromatic carbocycles. The fourth-order valence-corrected chi connectivity index (χ4v) is 3.12. The molecule has 0 aliphatic heterocycles. The minimum absolute atomic E-state index is 0.420. The number of anilines is 2. The molecule has 4 heteroatoms. The first-order valence-electron chi connectivity index (χ1n) is 7.40. The van der Waals surface area contributed by atoms with Crippen molar-refractivity contribution in [3.05, 3.63) is 12.3 Å². The van der Waals surface area contributed by atoms with Crippen molar-refractivity contribution in [3.8, 4) is 5.88 Å². The topological polar surface area (TPSA) is 37.4 Å². The number of aromatic nitrogens is 1. The number of hydrogen-bond acceptors (Lipinski definition) is 4. The average Bonchev–Trinajstić information content (AvgIpc) is 2.37. The Morgan fingerprint density at radius 3 is 2.75 bits per heavy atom. The van der Waals surface area contributed by atoms with Crippen LogP contribution in [-0.2, 0) is 0 Å². The van der Waals surface area contributed by atoms with Crippen LogP contribution in [0, 0.1) is 5.41 Å². The Morgan fingerprint density at radius 2 is 2.15 bits per heavy atom. The number of nitrogens with zero attached hydrogens (tertiary/aromatic N) is 2. The highest BCUT2D eigenvalue weighted by molar-refractivity contribution is 5.74. The van der Waals surface area contributed by atoms with Gasteiger partial charge in [-0.05, 0) is 30.7 Å². The predicted molar refractivity (Wildman–Crippen MR) is 84.8 cm³/mol. The monoisotopic (exact) mass is 277 g/mol. The lowest BCUT2D eigenvalue weighted by atomic mass is 9.75. The first-order valence-corrected chi connectivity index (χ1v) is 7.40. The highest BCUT2D eigenvalue weighted by Crippen LogP contribution is 2.39. The van der Waals surface area contributed by atoms with E-state index >= 15 is 0 Å². The molecule has 1 aromatic heterocycles. The molecule has 1 heterocycles. The molecule has 0 spiro atoms. The Labute approximate surface area is 122 Å². The summed E-state index contributed by atoms with van der Waals surface area (Å²) in [6, 6.07) is 2.52. The minimum atomic E-state index is 0.420. The Bertz CT molecular complexity index is 457. The molecule has 0 radical (unpaired) electrons. The molecule has 0 saturated heterocycles. The van der Waals surface area contributed by atoms with E-state index in [1.54, 1.807) is 13.3 Å². The van der Waals surface area contributed by atoms with Crippen molar-refractivity contribution >= 4 is 11.4 Å². The molecule has 112 valence electrons. The Kier molecular flexibility index (Phi) is 4.41. The lowest BCUT2D eigenvalue weighted by Crippen LogP contribution is -2.32. The van der Waals surface area contributed by atoms with Crippen molar-refractivity contribution in [2.24, 2.45) is 5.41 Å². The molecule has 1 fully saturated rings. The highest BCUT2D eigenvalue weighted by atomic mass is 16.5. The second-order valence-electron chi connectivity index (χ2n) is 6.71. The largest absolute Gasteiger partial charge is 0.479 e. The van der Waals surface area contributed by atoms with Crippen molar-refractivity contribution in [1.82, 2.24) is 4.98 Å². The molecule has 1 aliphatic rings. The van der Waals surface area contributed by atoms with E-state index in [9.17, 15) is 0 Å². The number of nitrogens with one attached hydrogen (secondary N) is 1. The van der Waals surface area contributed by atoms with Crippen molar-refractivity contribution in [1.29, 1.82) is 0 Å². The fourth-order valence-electron chi connectivity index (χ4n) is 3.12. The maximum absolute atomic E-state index is 5.43. The van der Waals surface area contributed by atoms with Crippen LogP contribution in [0.15, 0.2) is 12.3 Å². The van der Waals surface area contributed by atoms with Gasteiger partial charge in [-0.25, -0.2) is 4.98 Å². The third-order valence-electron chi connectivity index (χ3n) is 4.12. The molecular weight excluding hydrogens is 250 g/mol. The summed E-state index contributed by atoms with van der Waals surface area (Å²) >= 11 is 0. The van der Waals surface area contributed by atoms with Gasteiger partial charge in [-0.15, -0.1) is 0 Å². The maximum Gasteiger partial charge on any atom is 0.239 e. The molecule has 20 heavy (non-hydrogen) atoms. The van der Waals surface area contributed by atoms with Crippen LogP contribution < -0.4 is 15.0 Å². The van der Waals surface area contributed by atoms with E-state index < -0.39 is 0 Å². The van der Waals surface area contributed by atoms with Crippen LogP contribution in [0.1, 0.15) is 39.5 Å². The van der Waals surface area contributed by atoms with Crippen molar-refractivity contribution in [3.63, 3.8) is 0 Å². The van der Waals surface area contributed by atoms with Crippen LogP contribution in [-0.4, -0.2) is 32.2 Å². The zero-order valence-electron chi connectivity index (χ0n) is 13.4. The SMILES string of the molecule is COc1nccc(N(C)C)c1NC1CCCC(C)(C)C1. The minimum Gasteiger partial charge on any atom is -0.479 e. The summed E-state index contributed by atoms with van der Waals surface area (Å²) in [5.41, 5.74) is 2.56. The van der Waals surface area contributed by atoms with E-state index in [-0.39, 0.29) is 0 Å². The van der Waals surface area contributed by atoms with Gasteiger partial charge in [-0.1, -0.05) is 20.3 Å². The summed E-state index contributed by atoms with van der Waals surface area (Å²) in [7, 11) is 5.77. The number of hydrogen-bond donors (Lipinski definition) is 1. The van der Waals surface area contributed by atoms with Crippen LogP contribution in [0.25, 0.3) is 0 Å². The Morgan fingerprint density at radius 1 is 1.40 bits per heavy atom. The zero-order valence-corrected chi connectivity index (χ0v) is 13.4. The van der Waals surface area contributed by atoms with Crippen molar-refractivity contribution in [2.45, 2.75) is 45.6 Å². The summed E-state index contributed by atoms with van der Waals surface area (Å²) in [4.78, 5) is 6.43. The van der Waals surface area contributed by atoms with Gasteiger partial charge in [0.2, 0.25) is 5.88 Å². The van der Waals surface area contributed by atoms with E-state index in [0.29, 0.717) is 17.3 Å². The lowest BCUT2D eigenvalue weighted by molar-refractivity contribution is 0.229. The van der Waals surface area contributed by atoms with Gasteiger partial charge in [0.1, 0.15) is 5.69 Å². The summed E-state index contributed by atoms with van der Waals surface area (Å²) in [5, 5.41) is 3.68. The van der Waals surface area contributed by atoms with Crippen LogP contribution in [0.3, 0.4) is 0 Å². The number of methoxy groups -OCH3 is 1. The summed E-state index contributed by atoms with van der Waals surface area (Å²) in [6.45, 7) is 4.71. The lowest BCUT2D eigenvalue weighted by Gasteiger charge is -2.36. The van der Waals surface area contributed by atoms with Gasteiger partial charge >= 0.3 is 0 Å². The van der Waals surface area contributed by atoms with Crippen molar-refractivity contribution < 1.29 is 4.74 Å². The second kappa shape index (κ2) is 5.90. The van der Waals surface area contributed by atoms with Gasteiger partial charge in [-0.2, -0.15) is 0 Å². The molecule has 1 saturated carbocycles. The Balaban J connectivity index is 2.23. The van der Waals surface area contributed by atoms with Crippen LogP contribution in [0.5, 0.6) is 5.88 Å². The summed E-state index contributed by atoms with van der Waals surface area (Å²) in [5.74, 6) is 0.680. The van der Waals surface area contributed by atoms with E-state index in [1.807, 2.05) is 20.2 Å². The van der Waals surface area contributed by atoms with E-state index in [4.69, 9.17) is 4.74 Å². The molecule has 1 atom stereocenters. The molecule has 2 rings (SSSR count). The average molecular weight is 277 g/mol. The van der Waals surface area contributed by atoms with E-state index in [2.05, 4.69) is 29.0 Å². The number of rotatable bonds is 4. The Hall–Kier alpha value is -1.45. The van der Waals surface area contributed by atoms with E-state index in [0.717, 1.165) is 11.4 Å². The number of pyridine rings is 1. The van der Waals surface area contributed by atoms with Gasteiger partial charge in [0.15, 0.2) is 0 Å². The molecule has 1 unspecified atom stereocenters. The zero-order chi connectivity index (χ0) is 14.8. The fraction of sp³-hybridized carbons (Fsp3) is 0.688. The predicted octanol–water partition coefficient (Wildman–Crippen LogP) is 3.54. The molecule has 0 bridgehead atoms. The van der Waals surface area contributed by atoms with Gasteiger partial charge < -0.3 is 15.0 Å². The quantitative estimate of drug-likeness (QED) is 0.913. The molecular formula is C16H27N3O. The summed E-state index contributed by atoms with van der Waals surface area (Å²) < 4.78 is 5.43. The summed E-state index contributed by atoms with van der Waals surface area (Å²) in [6.07, 6.45) is 6.80. The van der Waals surface area contributed by atoms with Crippen LogP contribution >= 0.6 is 0 Å². The maximum atomic E-state index is 5.43. The first-order chi connectivity index (χ1) is 9.43. The smallest absolute Gasteiger partial charge is 0.239 e. The van der Waals surface area contributed by atoms with Gasteiger partial charge in [-0.3, -0.25) is 0 Å². The van der Waals surface area contributed by atoms with Crippen LogP contribution in [0.4, 0.5) is 11.4 Å². The molecule has 1 N–H and O–H groups in total. The third-order valence-corrected chi connectivity index (χ3v) is 4.12. The molecule has 1 aromatic rings. The molecule has 1 aliphatic carbocycles. The second-order valence-corrected chi connectivity index (χ2v) is 6.71. The normalized spacial score (nSPS) is 21.4. The van der Waals surface area contributed by atoms with E-state index in [1.165, 1.54) is 25.7 Å². The standard InChI is InChI=1S/C16H27N3O/c1-16(2)9-6-7-12(11-16)18-14-13(19(3)4)8-10-17-15(14)20-5/h8,10,12,18H,6-7,9,11H2,1-5H3.